The molecule has 1 aliphatic rings. The van der Waals surface area contributed by atoms with E-state index in [-0.39, 0.29) is 5.91 Å². The average Bonchev–Trinajstić information content (AvgIpc) is 2.78. The van der Waals surface area contributed by atoms with Crippen LogP contribution in [-0.2, 0) is 0 Å². The van der Waals surface area contributed by atoms with Crippen LogP contribution in [0.2, 0.25) is 0 Å². The number of hydrogen-bond acceptors (Lipinski definition) is 4. The van der Waals surface area contributed by atoms with Crippen molar-refractivity contribution in [3.8, 4) is 0 Å². The number of anilines is 1. The van der Waals surface area contributed by atoms with Gasteiger partial charge in [-0.3, -0.25) is 4.79 Å². The molecule has 0 bridgehead atoms. The van der Waals surface area contributed by atoms with E-state index in [4.69, 9.17) is 4.98 Å². The van der Waals surface area contributed by atoms with Gasteiger partial charge in [-0.25, -0.2) is 4.98 Å². The van der Waals surface area contributed by atoms with E-state index in [9.17, 15) is 4.79 Å². The van der Waals surface area contributed by atoms with E-state index in [1.165, 1.54) is 32.1 Å². The SMILES string of the molecule is CCN(CC)CCCNC(=O)c1cc(N(C)C2CCCCC2)nc2ccccc12. The first-order valence-electron chi connectivity index (χ1n) is 11.3. The molecule has 3 rings (SSSR count). The average molecular weight is 397 g/mol. The lowest BCUT2D eigenvalue weighted by Gasteiger charge is -2.32. The number of nitrogens with one attached hydrogen (secondary N) is 1. The van der Waals surface area contributed by atoms with Gasteiger partial charge in [0.15, 0.2) is 0 Å². The van der Waals surface area contributed by atoms with Crippen molar-refractivity contribution in [1.82, 2.24) is 15.2 Å². The van der Waals surface area contributed by atoms with Crippen molar-refractivity contribution >= 4 is 22.6 Å². The molecule has 1 heterocycles. The van der Waals surface area contributed by atoms with E-state index < -0.39 is 0 Å². The first kappa shape index (κ1) is 21.6. The van der Waals surface area contributed by atoms with Crippen LogP contribution in [-0.4, -0.2) is 55.1 Å². The standard InChI is InChI=1S/C24H36N4O/c1-4-28(5-2)17-11-16-25-24(29)21-18-23(26-22-15-10-9-14-20(21)22)27(3)19-12-7-6-8-13-19/h9-10,14-15,18-19H,4-8,11-13,16-17H2,1-3H3,(H,25,29). The summed E-state index contributed by atoms with van der Waals surface area (Å²) in [7, 11) is 2.12. The normalized spacial score (nSPS) is 15.0. The van der Waals surface area contributed by atoms with Crippen LogP contribution in [0, 0.1) is 0 Å². The summed E-state index contributed by atoms with van der Waals surface area (Å²) < 4.78 is 0. The first-order chi connectivity index (χ1) is 14.1. The van der Waals surface area contributed by atoms with E-state index in [1.54, 1.807) is 0 Å². The van der Waals surface area contributed by atoms with Crippen LogP contribution in [0.15, 0.2) is 30.3 Å². The van der Waals surface area contributed by atoms with Gasteiger partial charge in [-0.15, -0.1) is 0 Å². The molecule has 1 aromatic heterocycles. The fraction of sp³-hybridized carbons (Fsp3) is 0.583. The number of pyridine rings is 1. The predicted octanol–water partition coefficient (Wildman–Crippen LogP) is 4.47. The third-order valence-electron chi connectivity index (χ3n) is 6.26. The van der Waals surface area contributed by atoms with Crippen LogP contribution < -0.4 is 10.2 Å². The van der Waals surface area contributed by atoms with E-state index in [0.29, 0.717) is 12.6 Å². The van der Waals surface area contributed by atoms with Crippen molar-refractivity contribution in [1.29, 1.82) is 0 Å². The predicted molar refractivity (Wildman–Crippen MR) is 122 cm³/mol. The quantitative estimate of drug-likeness (QED) is 0.636. The minimum atomic E-state index is 0.00133. The molecule has 158 valence electrons. The number of rotatable bonds is 9. The van der Waals surface area contributed by atoms with Crippen LogP contribution in [0.25, 0.3) is 10.9 Å². The van der Waals surface area contributed by atoms with Crippen molar-refractivity contribution in [2.24, 2.45) is 0 Å². The highest BCUT2D eigenvalue weighted by atomic mass is 16.1. The van der Waals surface area contributed by atoms with E-state index in [2.05, 4.69) is 36.0 Å². The lowest BCUT2D eigenvalue weighted by atomic mass is 9.94. The molecule has 29 heavy (non-hydrogen) atoms. The third kappa shape index (κ3) is 5.47. The number of benzene rings is 1. The molecule has 1 amide bonds. The van der Waals surface area contributed by atoms with Gasteiger partial charge < -0.3 is 15.1 Å². The number of nitrogens with zero attached hydrogens (tertiary/aromatic N) is 3. The van der Waals surface area contributed by atoms with Gasteiger partial charge in [0.05, 0.1) is 11.1 Å². The van der Waals surface area contributed by atoms with E-state index >= 15 is 0 Å². The Morgan fingerprint density at radius 3 is 2.59 bits per heavy atom. The number of para-hydroxylation sites is 1. The Hall–Kier alpha value is -2.14. The summed E-state index contributed by atoms with van der Waals surface area (Å²) in [4.78, 5) is 22.6. The second kappa shape index (κ2) is 10.6. The Bertz CT molecular complexity index is 797. The fourth-order valence-electron chi connectivity index (χ4n) is 4.33. The Morgan fingerprint density at radius 2 is 1.86 bits per heavy atom. The topological polar surface area (TPSA) is 48.5 Å². The minimum Gasteiger partial charge on any atom is -0.357 e. The summed E-state index contributed by atoms with van der Waals surface area (Å²) in [6, 6.07) is 10.5. The molecular formula is C24H36N4O. The summed E-state index contributed by atoms with van der Waals surface area (Å²) in [5, 5.41) is 4.05. The Kier molecular flexibility index (Phi) is 7.87. The van der Waals surface area contributed by atoms with Gasteiger partial charge in [0.2, 0.25) is 0 Å². The number of carbonyl (C=O) groups excluding carboxylic acids is 1. The monoisotopic (exact) mass is 396 g/mol. The van der Waals surface area contributed by atoms with Crippen molar-refractivity contribution in [2.75, 3.05) is 38.1 Å². The number of carbonyl (C=O) groups is 1. The van der Waals surface area contributed by atoms with Gasteiger partial charge in [0.1, 0.15) is 5.82 Å². The molecule has 0 radical (unpaired) electrons. The van der Waals surface area contributed by atoms with Crippen molar-refractivity contribution in [3.63, 3.8) is 0 Å². The van der Waals surface area contributed by atoms with Crippen LogP contribution >= 0.6 is 0 Å². The molecule has 0 aliphatic heterocycles. The molecular weight excluding hydrogens is 360 g/mol. The number of aromatic nitrogens is 1. The Labute approximate surface area is 175 Å². The molecule has 1 aliphatic carbocycles. The number of hydrogen-bond donors (Lipinski definition) is 1. The molecule has 1 fully saturated rings. The van der Waals surface area contributed by atoms with Crippen molar-refractivity contribution in [3.05, 3.63) is 35.9 Å². The Morgan fingerprint density at radius 1 is 1.14 bits per heavy atom. The zero-order valence-electron chi connectivity index (χ0n) is 18.3. The molecule has 1 saturated carbocycles. The number of amides is 1. The Balaban J connectivity index is 1.76. The molecule has 0 spiro atoms. The highest BCUT2D eigenvalue weighted by molar-refractivity contribution is 6.07. The first-order valence-corrected chi connectivity index (χ1v) is 11.3. The van der Waals surface area contributed by atoms with Gasteiger partial charge in [0.25, 0.3) is 5.91 Å². The molecule has 0 saturated heterocycles. The zero-order valence-corrected chi connectivity index (χ0v) is 18.3. The smallest absolute Gasteiger partial charge is 0.252 e. The van der Waals surface area contributed by atoms with Crippen molar-refractivity contribution in [2.45, 2.75) is 58.4 Å². The van der Waals surface area contributed by atoms with E-state index in [0.717, 1.165) is 48.3 Å². The maximum atomic E-state index is 13.0. The summed E-state index contributed by atoms with van der Waals surface area (Å²) in [5.74, 6) is 0.908. The molecule has 2 aromatic rings. The molecule has 5 heteroatoms. The maximum absolute atomic E-state index is 13.0. The highest BCUT2D eigenvalue weighted by Gasteiger charge is 2.21. The zero-order chi connectivity index (χ0) is 20.6. The lowest BCUT2D eigenvalue weighted by molar-refractivity contribution is 0.0953. The second-order valence-corrected chi connectivity index (χ2v) is 8.08. The maximum Gasteiger partial charge on any atom is 0.252 e. The minimum absolute atomic E-state index is 0.00133. The molecule has 1 aromatic carbocycles. The van der Waals surface area contributed by atoms with Gasteiger partial charge >= 0.3 is 0 Å². The molecule has 0 atom stereocenters. The van der Waals surface area contributed by atoms with Gasteiger partial charge in [-0.2, -0.15) is 0 Å². The van der Waals surface area contributed by atoms with Crippen molar-refractivity contribution < 1.29 is 4.79 Å². The molecule has 5 nitrogen and oxygen atoms in total. The summed E-state index contributed by atoms with van der Waals surface area (Å²) >= 11 is 0. The lowest BCUT2D eigenvalue weighted by Crippen LogP contribution is -2.34. The second-order valence-electron chi connectivity index (χ2n) is 8.08. The third-order valence-corrected chi connectivity index (χ3v) is 6.26. The summed E-state index contributed by atoms with van der Waals surface area (Å²) in [6.07, 6.45) is 7.27. The van der Waals surface area contributed by atoms with Gasteiger partial charge in [-0.05, 0) is 51.0 Å². The summed E-state index contributed by atoms with van der Waals surface area (Å²) in [5.41, 5.74) is 1.62. The van der Waals surface area contributed by atoms with Crippen LogP contribution in [0.5, 0.6) is 0 Å². The summed E-state index contributed by atoms with van der Waals surface area (Å²) in [6.45, 7) is 8.16. The van der Waals surface area contributed by atoms with Crippen LogP contribution in [0.4, 0.5) is 5.82 Å². The largest absolute Gasteiger partial charge is 0.357 e. The van der Waals surface area contributed by atoms with Crippen LogP contribution in [0.1, 0.15) is 62.7 Å². The molecule has 1 N–H and O–H groups in total. The fourth-order valence-corrected chi connectivity index (χ4v) is 4.33. The highest BCUT2D eigenvalue weighted by Crippen LogP contribution is 2.28. The van der Waals surface area contributed by atoms with E-state index in [1.807, 2.05) is 30.3 Å². The van der Waals surface area contributed by atoms with Gasteiger partial charge in [-0.1, -0.05) is 51.3 Å². The van der Waals surface area contributed by atoms with Crippen LogP contribution in [0.3, 0.4) is 0 Å². The number of fused-ring (bicyclic) bond motifs is 1. The molecule has 0 unspecified atom stereocenters. The van der Waals surface area contributed by atoms with Gasteiger partial charge in [0, 0.05) is 25.0 Å².